The third kappa shape index (κ3) is 2.74. The van der Waals surface area contributed by atoms with Gasteiger partial charge in [0.15, 0.2) is 5.76 Å². The average Bonchev–Trinajstić information content (AvgIpc) is 2.94. The van der Waals surface area contributed by atoms with Crippen molar-refractivity contribution in [2.75, 3.05) is 0 Å². The quantitative estimate of drug-likeness (QED) is 0.605. The molecule has 0 radical (unpaired) electrons. The van der Waals surface area contributed by atoms with Crippen LogP contribution in [0, 0.1) is 0 Å². The molecule has 0 fully saturated rings. The molecule has 0 aliphatic rings. The summed E-state index contributed by atoms with van der Waals surface area (Å²) in [6.07, 6.45) is -2.66. The number of halogens is 3. The van der Waals surface area contributed by atoms with E-state index in [0.29, 0.717) is 11.1 Å². The average molecular weight is 350 g/mol. The van der Waals surface area contributed by atoms with E-state index in [1.165, 1.54) is 0 Å². The van der Waals surface area contributed by atoms with Crippen molar-refractivity contribution in [1.29, 1.82) is 0 Å². The molecule has 0 amide bonds. The van der Waals surface area contributed by atoms with Gasteiger partial charge in [0, 0.05) is 15.6 Å². The number of benzene rings is 2. The van der Waals surface area contributed by atoms with Gasteiger partial charge < -0.3 is 4.52 Å². The van der Waals surface area contributed by atoms with E-state index in [4.69, 9.17) is 4.52 Å². The van der Waals surface area contributed by atoms with Crippen molar-refractivity contribution < 1.29 is 13.3 Å². The first-order chi connectivity index (χ1) is 10.2. The number of rotatable bonds is 3. The van der Waals surface area contributed by atoms with Crippen LogP contribution >= 0.6 is 15.9 Å². The number of hydrogen-bond donors (Lipinski definition) is 0. The smallest absolute Gasteiger partial charge is 0.269 e. The normalized spacial score (nSPS) is 11.0. The minimum atomic E-state index is -2.66. The Labute approximate surface area is 128 Å². The van der Waals surface area contributed by atoms with Gasteiger partial charge in [-0.05, 0) is 24.3 Å². The molecule has 1 heterocycles. The molecule has 3 rings (SSSR count). The number of aromatic nitrogens is 1. The molecule has 0 saturated carbocycles. The van der Waals surface area contributed by atoms with Gasteiger partial charge in [-0.1, -0.05) is 51.4 Å². The van der Waals surface area contributed by atoms with Crippen molar-refractivity contribution in [1.82, 2.24) is 5.16 Å². The zero-order chi connectivity index (χ0) is 14.8. The Balaban J connectivity index is 2.15. The Hall–Kier alpha value is -2.01. The number of hydrogen-bond acceptors (Lipinski definition) is 2. The molecule has 0 aliphatic carbocycles. The summed E-state index contributed by atoms with van der Waals surface area (Å²) in [5, 5.41) is 3.84. The van der Waals surface area contributed by atoms with Crippen molar-refractivity contribution in [2.24, 2.45) is 0 Å². The van der Waals surface area contributed by atoms with Crippen LogP contribution in [-0.2, 0) is 0 Å². The summed E-state index contributed by atoms with van der Waals surface area (Å²) in [5.41, 5.74) is 1.19. The van der Waals surface area contributed by atoms with E-state index in [1.807, 2.05) is 6.07 Å². The third-order valence-electron chi connectivity index (χ3n) is 3.10. The molecule has 0 aliphatic heterocycles. The van der Waals surface area contributed by atoms with Gasteiger partial charge in [-0.2, -0.15) is 0 Å². The number of alkyl halides is 2. The summed E-state index contributed by atoms with van der Waals surface area (Å²) >= 11 is 3.31. The molecular formula is C16H10BrF2NO. The molecule has 106 valence electrons. The Morgan fingerprint density at radius 1 is 0.905 bits per heavy atom. The number of nitrogens with zero attached hydrogens (tertiary/aromatic N) is 1. The van der Waals surface area contributed by atoms with Crippen LogP contribution in [0.25, 0.3) is 22.6 Å². The lowest BCUT2D eigenvalue weighted by Gasteiger charge is -2.03. The maximum absolute atomic E-state index is 13.5. The standard InChI is InChI=1S/C16H10BrF2NO/c17-12-8-6-11(7-9-12)15-13(16(18)19)14(20-21-15)10-4-2-1-3-5-10/h1-9,16H. The van der Waals surface area contributed by atoms with E-state index in [9.17, 15) is 8.78 Å². The highest BCUT2D eigenvalue weighted by Gasteiger charge is 2.26. The van der Waals surface area contributed by atoms with E-state index in [1.54, 1.807) is 48.5 Å². The second-order valence-corrected chi connectivity index (χ2v) is 5.36. The van der Waals surface area contributed by atoms with Crippen molar-refractivity contribution >= 4 is 15.9 Å². The van der Waals surface area contributed by atoms with Gasteiger partial charge in [-0.15, -0.1) is 0 Å². The third-order valence-corrected chi connectivity index (χ3v) is 3.63. The van der Waals surface area contributed by atoms with E-state index in [0.717, 1.165) is 4.47 Å². The lowest BCUT2D eigenvalue weighted by molar-refractivity contribution is 0.152. The summed E-state index contributed by atoms with van der Waals surface area (Å²) in [7, 11) is 0. The van der Waals surface area contributed by atoms with Gasteiger partial charge >= 0.3 is 0 Å². The van der Waals surface area contributed by atoms with E-state index in [-0.39, 0.29) is 17.0 Å². The molecule has 3 aromatic rings. The first kappa shape index (κ1) is 13.9. The fourth-order valence-corrected chi connectivity index (χ4v) is 2.38. The van der Waals surface area contributed by atoms with Crippen molar-refractivity contribution in [3.05, 3.63) is 64.6 Å². The lowest BCUT2D eigenvalue weighted by Crippen LogP contribution is -1.90. The van der Waals surface area contributed by atoms with Crippen LogP contribution in [0.4, 0.5) is 8.78 Å². The largest absolute Gasteiger partial charge is 0.355 e. The summed E-state index contributed by atoms with van der Waals surface area (Å²) < 4.78 is 33.0. The molecule has 0 spiro atoms. The highest BCUT2D eigenvalue weighted by atomic mass is 79.9. The van der Waals surface area contributed by atoms with E-state index in [2.05, 4.69) is 21.1 Å². The highest BCUT2D eigenvalue weighted by Crippen LogP contribution is 2.38. The second-order valence-electron chi connectivity index (χ2n) is 4.45. The van der Waals surface area contributed by atoms with Gasteiger partial charge in [0.2, 0.25) is 0 Å². The predicted octanol–water partition coefficient (Wildman–Crippen LogP) is 5.71. The fourth-order valence-electron chi connectivity index (χ4n) is 2.11. The van der Waals surface area contributed by atoms with Crippen LogP contribution in [-0.4, -0.2) is 5.16 Å². The van der Waals surface area contributed by atoms with E-state index < -0.39 is 6.43 Å². The maximum Gasteiger partial charge on any atom is 0.269 e. The Morgan fingerprint density at radius 3 is 2.19 bits per heavy atom. The fraction of sp³-hybridized carbons (Fsp3) is 0.0625. The molecule has 21 heavy (non-hydrogen) atoms. The molecule has 0 N–H and O–H groups in total. The van der Waals surface area contributed by atoms with Gasteiger partial charge in [0.05, 0.1) is 5.56 Å². The molecule has 0 unspecified atom stereocenters. The Bertz CT molecular complexity index is 739. The molecule has 0 bridgehead atoms. The summed E-state index contributed by atoms with van der Waals surface area (Å²) in [4.78, 5) is 0. The molecule has 0 atom stereocenters. The topological polar surface area (TPSA) is 26.0 Å². The van der Waals surface area contributed by atoms with Crippen LogP contribution in [0.15, 0.2) is 63.6 Å². The Morgan fingerprint density at radius 2 is 1.57 bits per heavy atom. The molecular weight excluding hydrogens is 340 g/mol. The zero-order valence-corrected chi connectivity index (χ0v) is 12.3. The van der Waals surface area contributed by atoms with Crippen LogP contribution < -0.4 is 0 Å². The van der Waals surface area contributed by atoms with Gasteiger partial charge in [-0.3, -0.25) is 0 Å². The summed E-state index contributed by atoms with van der Waals surface area (Å²) in [6.45, 7) is 0. The first-order valence-electron chi connectivity index (χ1n) is 6.26. The monoisotopic (exact) mass is 349 g/mol. The van der Waals surface area contributed by atoms with Crippen LogP contribution in [0.2, 0.25) is 0 Å². The van der Waals surface area contributed by atoms with E-state index >= 15 is 0 Å². The summed E-state index contributed by atoms with van der Waals surface area (Å²) in [5.74, 6) is 0.108. The molecule has 2 nitrogen and oxygen atoms in total. The molecule has 2 aromatic carbocycles. The van der Waals surface area contributed by atoms with Gasteiger partial charge in [0.1, 0.15) is 5.69 Å². The maximum atomic E-state index is 13.5. The van der Waals surface area contributed by atoms with Crippen molar-refractivity contribution in [3.8, 4) is 22.6 Å². The predicted molar refractivity (Wildman–Crippen MR) is 80.0 cm³/mol. The lowest BCUT2D eigenvalue weighted by atomic mass is 10.0. The first-order valence-corrected chi connectivity index (χ1v) is 7.05. The van der Waals surface area contributed by atoms with Gasteiger partial charge in [0.25, 0.3) is 6.43 Å². The highest BCUT2D eigenvalue weighted by molar-refractivity contribution is 9.10. The minimum absolute atomic E-state index is 0.108. The molecule has 5 heteroatoms. The molecule has 0 saturated heterocycles. The molecule has 1 aromatic heterocycles. The second kappa shape index (κ2) is 5.77. The summed E-state index contributed by atoms with van der Waals surface area (Å²) in [6, 6.07) is 15.8. The van der Waals surface area contributed by atoms with Crippen molar-refractivity contribution in [3.63, 3.8) is 0 Å². The zero-order valence-electron chi connectivity index (χ0n) is 10.8. The van der Waals surface area contributed by atoms with Crippen molar-refractivity contribution in [2.45, 2.75) is 6.43 Å². The van der Waals surface area contributed by atoms with Crippen LogP contribution in [0.3, 0.4) is 0 Å². The van der Waals surface area contributed by atoms with Crippen LogP contribution in [0.5, 0.6) is 0 Å². The van der Waals surface area contributed by atoms with Crippen LogP contribution in [0.1, 0.15) is 12.0 Å². The van der Waals surface area contributed by atoms with Gasteiger partial charge in [-0.25, -0.2) is 8.78 Å². The minimum Gasteiger partial charge on any atom is -0.355 e. The SMILES string of the molecule is FC(F)c1c(-c2ccccc2)noc1-c1ccc(Br)cc1. The Kier molecular flexibility index (Phi) is 3.84.